The quantitative estimate of drug-likeness (QED) is 0.520. The minimum atomic E-state index is -0.774. The fraction of sp³-hybridized carbons (Fsp3) is 0.296. The lowest BCUT2D eigenvalue weighted by atomic mass is 9.79. The summed E-state index contributed by atoms with van der Waals surface area (Å²) in [6.45, 7) is 5.41. The van der Waals surface area contributed by atoms with Crippen LogP contribution in [-0.2, 0) is 19.1 Å². The third-order valence-corrected chi connectivity index (χ3v) is 6.24. The molecule has 0 spiro atoms. The van der Waals surface area contributed by atoms with E-state index in [1.54, 1.807) is 45.0 Å². The highest BCUT2D eigenvalue weighted by molar-refractivity contribution is 6.32. The molecule has 1 aliphatic carbocycles. The standard InChI is InChI=1S/C27H26ClNO7/c1-5-34-19-12-15(11-18(28)26(19)36-13-20(30)35-6-2)22-21(27(32)33-4)14(3)29-24-16-9-7-8-10-17(16)25(31)23(22)24/h7-12,22,29H,5-6,13H2,1-4H3/t22-/m0/s1. The van der Waals surface area contributed by atoms with Gasteiger partial charge < -0.3 is 24.3 Å². The van der Waals surface area contributed by atoms with E-state index in [1.807, 2.05) is 12.1 Å². The van der Waals surface area contributed by atoms with Crippen molar-refractivity contribution in [1.29, 1.82) is 0 Å². The molecule has 2 aliphatic rings. The fourth-order valence-electron chi connectivity index (χ4n) is 4.53. The molecule has 188 valence electrons. The highest BCUT2D eigenvalue weighted by Gasteiger charge is 2.43. The second-order valence-corrected chi connectivity index (χ2v) is 8.52. The smallest absolute Gasteiger partial charge is 0.344 e. The van der Waals surface area contributed by atoms with Gasteiger partial charge in [0, 0.05) is 28.3 Å². The summed E-state index contributed by atoms with van der Waals surface area (Å²) in [5, 5.41) is 3.40. The number of ketones is 1. The van der Waals surface area contributed by atoms with Crippen molar-refractivity contribution in [2.24, 2.45) is 0 Å². The van der Waals surface area contributed by atoms with Gasteiger partial charge in [-0.1, -0.05) is 35.9 Å². The van der Waals surface area contributed by atoms with Gasteiger partial charge in [-0.2, -0.15) is 0 Å². The number of hydrogen-bond donors (Lipinski definition) is 1. The summed E-state index contributed by atoms with van der Waals surface area (Å²) in [5.41, 5.74) is 3.76. The number of fused-ring (bicyclic) bond motifs is 2. The first-order valence-electron chi connectivity index (χ1n) is 11.5. The molecule has 4 rings (SSSR count). The van der Waals surface area contributed by atoms with E-state index in [0.717, 1.165) is 5.56 Å². The van der Waals surface area contributed by atoms with Gasteiger partial charge in [-0.25, -0.2) is 9.59 Å². The van der Waals surface area contributed by atoms with E-state index >= 15 is 0 Å². The molecule has 0 saturated heterocycles. The minimum absolute atomic E-state index is 0.158. The molecule has 0 unspecified atom stereocenters. The lowest BCUT2D eigenvalue weighted by Gasteiger charge is -2.29. The Hall–Kier alpha value is -3.78. The number of dihydropyridines is 1. The topological polar surface area (TPSA) is 100 Å². The Morgan fingerprint density at radius 2 is 1.78 bits per heavy atom. The lowest BCUT2D eigenvalue weighted by Crippen LogP contribution is -2.29. The van der Waals surface area contributed by atoms with Gasteiger partial charge in [-0.3, -0.25) is 4.79 Å². The number of nitrogens with one attached hydrogen (secondary N) is 1. The molecule has 9 heteroatoms. The van der Waals surface area contributed by atoms with Crippen LogP contribution in [-0.4, -0.2) is 44.7 Å². The fourth-order valence-corrected chi connectivity index (χ4v) is 4.81. The van der Waals surface area contributed by atoms with Crippen molar-refractivity contribution < 1.29 is 33.3 Å². The van der Waals surface area contributed by atoms with E-state index in [1.165, 1.54) is 7.11 Å². The Morgan fingerprint density at radius 3 is 2.44 bits per heavy atom. The van der Waals surface area contributed by atoms with Crippen molar-refractivity contribution in [3.8, 4) is 11.5 Å². The van der Waals surface area contributed by atoms with E-state index in [4.69, 9.17) is 30.5 Å². The Balaban J connectivity index is 1.86. The van der Waals surface area contributed by atoms with Crippen LogP contribution in [0.4, 0.5) is 0 Å². The summed E-state index contributed by atoms with van der Waals surface area (Å²) in [6, 6.07) is 10.5. The molecule has 8 nitrogen and oxygen atoms in total. The van der Waals surface area contributed by atoms with Crippen LogP contribution in [0.25, 0.3) is 5.70 Å². The maximum atomic E-state index is 13.6. The molecule has 1 heterocycles. The zero-order chi connectivity index (χ0) is 26.0. The number of esters is 2. The number of methoxy groups -OCH3 is 1. The third kappa shape index (κ3) is 4.44. The molecule has 1 aliphatic heterocycles. The van der Waals surface area contributed by atoms with Crippen molar-refractivity contribution in [3.05, 3.63) is 75.0 Å². The lowest BCUT2D eigenvalue weighted by molar-refractivity contribution is -0.145. The number of carbonyl (C=O) groups excluding carboxylic acids is 3. The van der Waals surface area contributed by atoms with Crippen molar-refractivity contribution in [2.45, 2.75) is 26.7 Å². The van der Waals surface area contributed by atoms with Crippen LogP contribution in [0.1, 0.15) is 48.2 Å². The number of allylic oxidation sites excluding steroid dienone is 2. The predicted octanol–water partition coefficient (Wildman–Crippen LogP) is 4.42. The first-order valence-corrected chi connectivity index (χ1v) is 11.9. The summed E-state index contributed by atoms with van der Waals surface area (Å²) in [7, 11) is 1.29. The Labute approximate surface area is 213 Å². The van der Waals surface area contributed by atoms with Crippen molar-refractivity contribution >= 4 is 35.0 Å². The average Bonchev–Trinajstić information content (AvgIpc) is 3.14. The molecular weight excluding hydrogens is 486 g/mol. The number of rotatable bonds is 8. The zero-order valence-corrected chi connectivity index (χ0v) is 21.2. The van der Waals surface area contributed by atoms with Gasteiger partial charge in [-0.15, -0.1) is 0 Å². The number of carbonyl (C=O) groups is 3. The second-order valence-electron chi connectivity index (χ2n) is 8.11. The Kier molecular flexibility index (Phi) is 7.35. The van der Waals surface area contributed by atoms with Crippen LogP contribution in [0, 0.1) is 0 Å². The van der Waals surface area contributed by atoms with E-state index in [9.17, 15) is 14.4 Å². The van der Waals surface area contributed by atoms with E-state index < -0.39 is 17.9 Å². The third-order valence-electron chi connectivity index (χ3n) is 5.96. The van der Waals surface area contributed by atoms with Crippen LogP contribution >= 0.6 is 11.6 Å². The van der Waals surface area contributed by atoms with Crippen molar-refractivity contribution in [3.63, 3.8) is 0 Å². The van der Waals surface area contributed by atoms with Gasteiger partial charge >= 0.3 is 11.9 Å². The number of Topliss-reactive ketones (excluding diaryl/α,β-unsaturated/α-hetero) is 1. The molecule has 2 aromatic carbocycles. The maximum absolute atomic E-state index is 13.6. The van der Waals surface area contributed by atoms with Crippen LogP contribution in [0.2, 0.25) is 5.02 Å². The normalized spacial score (nSPS) is 16.2. The van der Waals surface area contributed by atoms with Crippen LogP contribution < -0.4 is 14.8 Å². The second kappa shape index (κ2) is 10.5. The van der Waals surface area contributed by atoms with Gasteiger partial charge in [0.05, 0.1) is 36.6 Å². The maximum Gasteiger partial charge on any atom is 0.344 e. The van der Waals surface area contributed by atoms with Crippen molar-refractivity contribution in [2.75, 3.05) is 26.9 Å². The van der Waals surface area contributed by atoms with Gasteiger partial charge in [0.15, 0.2) is 23.9 Å². The van der Waals surface area contributed by atoms with E-state index in [-0.39, 0.29) is 41.1 Å². The Morgan fingerprint density at radius 1 is 1.06 bits per heavy atom. The van der Waals surface area contributed by atoms with Crippen LogP contribution in [0.5, 0.6) is 11.5 Å². The van der Waals surface area contributed by atoms with Crippen LogP contribution in [0.3, 0.4) is 0 Å². The summed E-state index contributed by atoms with van der Waals surface area (Å²) in [4.78, 5) is 38.3. The summed E-state index contributed by atoms with van der Waals surface area (Å²) < 4.78 is 21.4. The monoisotopic (exact) mass is 511 g/mol. The molecule has 1 atom stereocenters. The molecule has 0 amide bonds. The minimum Gasteiger partial charge on any atom is -0.490 e. The zero-order valence-electron chi connectivity index (χ0n) is 20.4. The molecule has 0 fully saturated rings. The molecular formula is C27H26ClNO7. The number of halogens is 1. The molecule has 0 aromatic heterocycles. The molecule has 0 saturated carbocycles. The van der Waals surface area contributed by atoms with E-state index in [2.05, 4.69) is 5.32 Å². The van der Waals surface area contributed by atoms with Gasteiger partial charge in [-0.05, 0) is 38.5 Å². The van der Waals surface area contributed by atoms with Gasteiger partial charge in [0.2, 0.25) is 0 Å². The van der Waals surface area contributed by atoms with Gasteiger partial charge in [0.25, 0.3) is 0 Å². The summed E-state index contributed by atoms with van der Waals surface area (Å²) >= 11 is 6.61. The average molecular weight is 512 g/mol. The molecule has 2 aromatic rings. The number of ether oxygens (including phenoxy) is 4. The molecule has 0 bridgehead atoms. The molecule has 1 N–H and O–H groups in total. The highest BCUT2D eigenvalue weighted by Crippen LogP contribution is 2.49. The molecule has 36 heavy (non-hydrogen) atoms. The first-order chi connectivity index (χ1) is 17.3. The number of hydrogen-bond acceptors (Lipinski definition) is 8. The number of benzene rings is 2. The van der Waals surface area contributed by atoms with Crippen molar-refractivity contribution in [1.82, 2.24) is 5.32 Å². The van der Waals surface area contributed by atoms with Gasteiger partial charge in [0.1, 0.15) is 0 Å². The Bertz CT molecular complexity index is 1310. The van der Waals surface area contributed by atoms with E-state index in [0.29, 0.717) is 34.7 Å². The molecule has 0 radical (unpaired) electrons. The highest BCUT2D eigenvalue weighted by atomic mass is 35.5. The summed E-state index contributed by atoms with van der Waals surface area (Å²) in [6.07, 6.45) is 0. The first kappa shape index (κ1) is 25.3. The predicted molar refractivity (Wildman–Crippen MR) is 133 cm³/mol. The largest absolute Gasteiger partial charge is 0.490 e. The SMILES string of the molecule is CCOC(=O)COc1c(Cl)cc([C@H]2C(C(=O)OC)=C(C)NC3=C2C(=O)c2ccccc23)cc1OCC. The summed E-state index contributed by atoms with van der Waals surface area (Å²) in [5.74, 6) is -1.64. The van der Waals surface area contributed by atoms with Crippen LogP contribution in [0.15, 0.2) is 53.2 Å².